The Labute approximate surface area is 259 Å². The molecule has 0 spiro atoms. The highest BCUT2D eigenvalue weighted by atomic mass is 32.2. The van der Waals surface area contributed by atoms with Crippen molar-refractivity contribution >= 4 is 44.9 Å². The minimum Gasteiger partial charge on any atom is -0.483 e. The van der Waals surface area contributed by atoms with Crippen LogP contribution in [-0.2, 0) is 24.2 Å². The first-order valence-electron chi connectivity index (χ1n) is 14.5. The topological polar surface area (TPSA) is 102 Å². The van der Waals surface area contributed by atoms with E-state index in [9.17, 15) is 18.0 Å². The zero-order chi connectivity index (χ0) is 31.0. The van der Waals surface area contributed by atoms with Crippen LogP contribution in [0.1, 0.15) is 51.1 Å². The highest BCUT2D eigenvalue weighted by molar-refractivity contribution is 7.98. The van der Waals surface area contributed by atoms with Crippen LogP contribution in [0.5, 0.6) is 5.75 Å². The van der Waals surface area contributed by atoms with Gasteiger partial charge < -0.3 is 19.7 Å². The average molecular weight is 625 g/mol. The van der Waals surface area contributed by atoms with Gasteiger partial charge in [0.15, 0.2) is 22.5 Å². The minimum absolute atomic E-state index is 0.0310. The molecule has 1 N–H and O–H groups in total. The molecule has 2 atom stereocenters. The largest absolute Gasteiger partial charge is 0.483 e. The van der Waals surface area contributed by atoms with Gasteiger partial charge in [0, 0.05) is 23.7 Å². The Kier molecular flexibility index (Phi) is 10.8. The molecule has 3 aromatic carbocycles. The Morgan fingerprint density at radius 1 is 1.05 bits per heavy atom. The fourth-order valence-corrected chi connectivity index (χ4v) is 8.25. The third-order valence-electron chi connectivity index (χ3n) is 7.97. The highest BCUT2D eigenvalue weighted by Crippen LogP contribution is 2.47. The Morgan fingerprint density at radius 3 is 2.33 bits per heavy atom. The van der Waals surface area contributed by atoms with E-state index in [0.29, 0.717) is 28.4 Å². The maximum atomic E-state index is 14.1. The quantitative estimate of drug-likeness (QED) is 0.184. The van der Waals surface area contributed by atoms with Gasteiger partial charge in [0.1, 0.15) is 5.75 Å². The number of carbonyl (C=O) groups is 2. The van der Waals surface area contributed by atoms with E-state index in [1.54, 1.807) is 30.3 Å². The lowest BCUT2D eigenvalue weighted by atomic mass is 9.81. The summed E-state index contributed by atoms with van der Waals surface area (Å²) >= 11 is 1.41. The lowest BCUT2D eigenvalue weighted by molar-refractivity contribution is -0.145. The molecule has 1 aliphatic rings. The van der Waals surface area contributed by atoms with Crippen LogP contribution in [0.25, 0.3) is 0 Å². The van der Waals surface area contributed by atoms with Crippen LogP contribution >= 0.6 is 11.8 Å². The molecule has 43 heavy (non-hydrogen) atoms. The molecule has 0 aliphatic carbocycles. The molecule has 0 aromatic heterocycles. The number of anilines is 2. The van der Waals surface area contributed by atoms with Crippen molar-refractivity contribution in [2.24, 2.45) is 5.41 Å². The summed E-state index contributed by atoms with van der Waals surface area (Å²) < 4.78 is 39.0. The van der Waals surface area contributed by atoms with Crippen LogP contribution in [0.4, 0.5) is 11.4 Å². The number of unbranched alkanes of at least 4 members (excludes halogenated alkanes) is 1. The zero-order valence-electron chi connectivity index (χ0n) is 25.2. The summed E-state index contributed by atoms with van der Waals surface area (Å²) in [5, 5.41) is 2.68. The fraction of sp³-hybridized carbons (Fsp3) is 0.394. The Bertz CT molecular complexity index is 1520. The van der Waals surface area contributed by atoms with Crippen molar-refractivity contribution in [1.82, 2.24) is 5.32 Å². The minimum atomic E-state index is -3.72. The number of sulfone groups is 1. The van der Waals surface area contributed by atoms with E-state index in [1.165, 1.54) is 18.9 Å². The first-order valence-corrected chi connectivity index (χ1v) is 17.4. The van der Waals surface area contributed by atoms with E-state index in [2.05, 4.69) is 24.1 Å². The van der Waals surface area contributed by atoms with Crippen LogP contribution in [0, 0.1) is 5.41 Å². The summed E-state index contributed by atoms with van der Waals surface area (Å²) in [6, 6.07) is 21.1. The monoisotopic (exact) mass is 624 g/mol. The number of methoxy groups -OCH3 is 1. The third kappa shape index (κ3) is 7.54. The molecule has 0 radical (unpaired) electrons. The van der Waals surface area contributed by atoms with Gasteiger partial charge in [-0.05, 0) is 42.9 Å². The van der Waals surface area contributed by atoms with Gasteiger partial charge in [-0.15, -0.1) is 11.8 Å². The first kappa shape index (κ1) is 32.4. The van der Waals surface area contributed by atoms with Crippen molar-refractivity contribution in [2.75, 3.05) is 37.2 Å². The van der Waals surface area contributed by atoms with Crippen LogP contribution in [0.15, 0.2) is 82.6 Å². The molecule has 0 saturated carbocycles. The van der Waals surface area contributed by atoms with Crippen LogP contribution in [-0.4, -0.2) is 52.6 Å². The lowest BCUT2D eigenvalue weighted by Crippen LogP contribution is -2.37. The van der Waals surface area contributed by atoms with Crippen molar-refractivity contribution in [3.05, 3.63) is 78.4 Å². The van der Waals surface area contributed by atoms with Gasteiger partial charge in [0.2, 0.25) is 0 Å². The van der Waals surface area contributed by atoms with Gasteiger partial charge in [-0.25, -0.2) is 13.2 Å². The van der Waals surface area contributed by atoms with Gasteiger partial charge in [0.25, 0.3) is 5.91 Å². The number of benzene rings is 3. The van der Waals surface area contributed by atoms with E-state index in [1.807, 2.05) is 48.7 Å². The van der Waals surface area contributed by atoms with Crippen LogP contribution in [0.2, 0.25) is 0 Å². The Morgan fingerprint density at radius 2 is 1.72 bits per heavy atom. The SMILES string of the molecule is CCCCC1(CC)CN(c2ccccc2)c2cc(SC)c(OCC(=O)N[C@H](C(=O)OC)c3ccccc3)cc2S(=O)(=O)C1. The van der Waals surface area contributed by atoms with Gasteiger partial charge in [-0.3, -0.25) is 4.79 Å². The molecule has 1 heterocycles. The number of para-hydroxylation sites is 1. The number of carbonyl (C=O) groups excluding carboxylic acids is 2. The molecule has 1 amide bonds. The van der Waals surface area contributed by atoms with E-state index in [-0.39, 0.29) is 10.6 Å². The maximum Gasteiger partial charge on any atom is 0.333 e. The van der Waals surface area contributed by atoms with E-state index in [0.717, 1.165) is 31.4 Å². The second-order valence-corrected chi connectivity index (χ2v) is 13.6. The van der Waals surface area contributed by atoms with Crippen molar-refractivity contribution in [1.29, 1.82) is 0 Å². The van der Waals surface area contributed by atoms with Gasteiger partial charge in [0.05, 0.1) is 28.3 Å². The standard InChI is InChI=1S/C33H40N2O6S2/c1-5-7-18-33(6-2)22-35(25-16-12-9-13-17-25)26-19-28(42-4)27(20-29(26)43(38,39)23-33)41-21-30(36)34-31(32(37)40-3)24-14-10-8-11-15-24/h8-17,19-20,31H,5-7,18,21-23H2,1-4H3,(H,34,36)/t31-,33?/m0/s1. The summed E-state index contributed by atoms with van der Waals surface area (Å²) in [4.78, 5) is 28.4. The number of hydrogen-bond donors (Lipinski definition) is 1. The van der Waals surface area contributed by atoms with E-state index < -0.39 is 39.8 Å². The van der Waals surface area contributed by atoms with Gasteiger partial charge in [-0.1, -0.05) is 75.2 Å². The predicted octanol–water partition coefficient (Wildman–Crippen LogP) is 6.33. The molecule has 4 rings (SSSR count). The number of amides is 1. The molecule has 3 aromatic rings. The molecular weight excluding hydrogens is 585 g/mol. The number of hydrogen-bond acceptors (Lipinski definition) is 8. The predicted molar refractivity (Wildman–Crippen MR) is 171 cm³/mol. The molecule has 8 nitrogen and oxygen atoms in total. The molecular formula is C33H40N2O6S2. The van der Waals surface area contributed by atoms with Gasteiger partial charge >= 0.3 is 5.97 Å². The Hall–Kier alpha value is -3.50. The van der Waals surface area contributed by atoms with Gasteiger partial charge in [-0.2, -0.15) is 0 Å². The maximum absolute atomic E-state index is 14.1. The summed E-state index contributed by atoms with van der Waals surface area (Å²) in [6.45, 7) is 4.35. The zero-order valence-corrected chi connectivity index (χ0v) is 26.8. The number of thioether (sulfide) groups is 1. The van der Waals surface area contributed by atoms with Crippen molar-refractivity contribution in [3.8, 4) is 5.75 Å². The highest BCUT2D eigenvalue weighted by Gasteiger charge is 2.42. The summed E-state index contributed by atoms with van der Waals surface area (Å²) in [5.41, 5.74) is 1.68. The first-order chi connectivity index (χ1) is 20.7. The number of ether oxygens (including phenoxy) is 2. The molecule has 0 saturated heterocycles. The Balaban J connectivity index is 1.69. The van der Waals surface area contributed by atoms with Crippen molar-refractivity contribution < 1.29 is 27.5 Å². The summed E-state index contributed by atoms with van der Waals surface area (Å²) in [7, 11) is -2.46. The number of fused-ring (bicyclic) bond motifs is 1. The fourth-order valence-electron chi connectivity index (χ4n) is 5.53. The number of esters is 1. The number of nitrogens with zero attached hydrogens (tertiary/aromatic N) is 1. The average Bonchev–Trinajstić information content (AvgIpc) is 3.13. The third-order valence-corrected chi connectivity index (χ3v) is 10.7. The number of rotatable bonds is 12. The van der Waals surface area contributed by atoms with Crippen molar-refractivity contribution in [3.63, 3.8) is 0 Å². The molecule has 230 valence electrons. The normalized spacial score (nSPS) is 18.2. The van der Waals surface area contributed by atoms with Crippen LogP contribution < -0.4 is 15.0 Å². The molecule has 0 bridgehead atoms. The number of nitrogens with one attached hydrogen (secondary N) is 1. The second kappa shape index (κ2) is 14.3. The van der Waals surface area contributed by atoms with Crippen molar-refractivity contribution in [2.45, 2.75) is 55.4 Å². The second-order valence-electron chi connectivity index (χ2n) is 10.8. The van der Waals surface area contributed by atoms with Crippen LogP contribution in [0.3, 0.4) is 0 Å². The molecule has 0 fully saturated rings. The van der Waals surface area contributed by atoms with E-state index >= 15 is 0 Å². The lowest BCUT2D eigenvalue weighted by Gasteiger charge is -2.36. The molecule has 1 unspecified atom stereocenters. The summed E-state index contributed by atoms with van der Waals surface area (Å²) in [5.74, 6) is -0.822. The molecule has 10 heteroatoms. The smallest absolute Gasteiger partial charge is 0.333 e. The molecule has 1 aliphatic heterocycles. The van der Waals surface area contributed by atoms with E-state index in [4.69, 9.17) is 9.47 Å². The summed E-state index contributed by atoms with van der Waals surface area (Å²) in [6.07, 6.45) is 5.34.